The number of thiazole rings is 1. The monoisotopic (exact) mass is 473 g/mol. The molecule has 2 amide bonds. The number of H-pyrrole nitrogens is 1. The van der Waals surface area contributed by atoms with Crippen LogP contribution in [0.5, 0.6) is 5.75 Å². The van der Waals surface area contributed by atoms with Gasteiger partial charge in [0.15, 0.2) is 5.13 Å². The Morgan fingerprint density at radius 1 is 1.12 bits per heavy atom. The molecule has 2 aromatic carbocycles. The maximum Gasteiger partial charge on any atom is 0.251 e. The molecule has 3 N–H and O–H groups in total. The lowest BCUT2D eigenvalue weighted by atomic mass is 10.1. The molecule has 0 unspecified atom stereocenters. The molecule has 0 saturated carbocycles. The summed E-state index contributed by atoms with van der Waals surface area (Å²) >= 11 is 1.51. The summed E-state index contributed by atoms with van der Waals surface area (Å²) in [4.78, 5) is 32.6. The van der Waals surface area contributed by atoms with Crippen LogP contribution in [0.3, 0.4) is 0 Å². The minimum Gasteiger partial charge on any atom is -0.497 e. The summed E-state index contributed by atoms with van der Waals surface area (Å²) in [6, 6.07) is 15.1. The third kappa shape index (κ3) is 4.51. The fourth-order valence-electron chi connectivity index (χ4n) is 3.78. The van der Waals surface area contributed by atoms with Crippen LogP contribution >= 0.6 is 11.3 Å². The topological polar surface area (TPSA) is 101 Å². The highest BCUT2D eigenvalue weighted by molar-refractivity contribution is 7.20. The number of benzene rings is 2. The number of aromatic nitrogens is 3. The van der Waals surface area contributed by atoms with E-state index >= 15 is 0 Å². The molecule has 5 rings (SSSR count). The molecular formula is C25H23N5O3S. The molecule has 0 radical (unpaired) electrons. The molecule has 3 heterocycles. The Morgan fingerprint density at radius 2 is 1.97 bits per heavy atom. The number of carbonyl (C=O) groups is 2. The number of fused-ring (bicyclic) bond motifs is 2. The van der Waals surface area contributed by atoms with Gasteiger partial charge in [-0.1, -0.05) is 11.3 Å². The first-order valence-electron chi connectivity index (χ1n) is 10.8. The minimum atomic E-state index is -0.295. The molecule has 3 aromatic heterocycles. The molecule has 0 aliphatic carbocycles. The number of nitrogens with one attached hydrogen (secondary N) is 3. The summed E-state index contributed by atoms with van der Waals surface area (Å²) in [6.45, 7) is 0.379. The maximum atomic E-state index is 12.6. The normalized spacial score (nSPS) is 11.1. The van der Waals surface area contributed by atoms with E-state index in [0.29, 0.717) is 18.5 Å². The molecule has 34 heavy (non-hydrogen) atoms. The number of carbonyl (C=O) groups excluding carboxylic acids is 2. The summed E-state index contributed by atoms with van der Waals surface area (Å²) in [5.74, 6) is 0.258. The van der Waals surface area contributed by atoms with Gasteiger partial charge in [-0.2, -0.15) is 0 Å². The van der Waals surface area contributed by atoms with Crippen LogP contribution in [0.4, 0.5) is 0 Å². The van der Waals surface area contributed by atoms with Crippen LogP contribution in [0.1, 0.15) is 15.9 Å². The molecule has 172 valence electrons. The highest BCUT2D eigenvalue weighted by Crippen LogP contribution is 2.26. The fraction of sp³-hybridized carbons (Fsp3) is 0.160. The largest absolute Gasteiger partial charge is 0.497 e. The zero-order valence-corrected chi connectivity index (χ0v) is 19.3. The summed E-state index contributed by atoms with van der Waals surface area (Å²) in [7, 11) is 1.64. The SMILES string of the molecule is COc1ccc2[nH]cc(CCNC(=O)CNC(=O)c3ccc4nc(-n5cccc5)sc4c3)c2c1. The van der Waals surface area contributed by atoms with Gasteiger partial charge in [0.05, 0.1) is 23.9 Å². The van der Waals surface area contributed by atoms with E-state index in [1.807, 2.05) is 59.6 Å². The lowest BCUT2D eigenvalue weighted by Gasteiger charge is -2.07. The first-order chi connectivity index (χ1) is 16.6. The smallest absolute Gasteiger partial charge is 0.251 e. The van der Waals surface area contributed by atoms with E-state index in [9.17, 15) is 9.59 Å². The average Bonchev–Trinajstić information content (AvgIpc) is 3.61. The molecule has 0 aliphatic heterocycles. The van der Waals surface area contributed by atoms with E-state index in [0.717, 1.165) is 37.6 Å². The number of amides is 2. The molecule has 0 fully saturated rings. The molecule has 5 aromatic rings. The molecule has 0 bridgehead atoms. The van der Waals surface area contributed by atoms with Crippen molar-refractivity contribution in [1.29, 1.82) is 0 Å². The summed E-state index contributed by atoms with van der Waals surface area (Å²) in [6.07, 6.45) is 6.46. The Morgan fingerprint density at radius 3 is 2.79 bits per heavy atom. The van der Waals surface area contributed by atoms with Gasteiger partial charge < -0.3 is 24.9 Å². The van der Waals surface area contributed by atoms with Crippen molar-refractivity contribution in [1.82, 2.24) is 25.2 Å². The number of aromatic amines is 1. The van der Waals surface area contributed by atoms with Crippen LogP contribution < -0.4 is 15.4 Å². The molecule has 0 spiro atoms. The Labute approximate surface area is 199 Å². The van der Waals surface area contributed by atoms with Crippen molar-refractivity contribution in [3.63, 3.8) is 0 Å². The van der Waals surface area contributed by atoms with Crippen molar-refractivity contribution in [3.8, 4) is 10.9 Å². The summed E-state index contributed by atoms with van der Waals surface area (Å²) in [5.41, 5.74) is 3.44. The second-order valence-electron chi connectivity index (χ2n) is 7.78. The van der Waals surface area contributed by atoms with E-state index in [1.54, 1.807) is 19.2 Å². The Bertz CT molecular complexity index is 1470. The van der Waals surface area contributed by atoms with E-state index < -0.39 is 0 Å². The molecule has 8 nitrogen and oxygen atoms in total. The van der Waals surface area contributed by atoms with Crippen molar-refractivity contribution in [3.05, 3.63) is 78.2 Å². The predicted molar refractivity (Wildman–Crippen MR) is 133 cm³/mol. The molecule has 0 aliphatic rings. The number of rotatable bonds is 8. The fourth-order valence-corrected chi connectivity index (χ4v) is 4.75. The second kappa shape index (κ2) is 9.40. The van der Waals surface area contributed by atoms with E-state index in [2.05, 4.69) is 20.6 Å². The zero-order chi connectivity index (χ0) is 23.5. The standard InChI is InChI=1S/C25H23N5O3S/c1-33-18-5-7-20-19(13-18)17(14-27-20)8-9-26-23(31)15-28-24(32)16-4-6-21-22(12-16)34-25(29-21)30-10-2-3-11-30/h2-7,10-14,27H,8-9,15H2,1H3,(H,26,31)(H,28,32). The lowest BCUT2D eigenvalue weighted by Crippen LogP contribution is -2.37. The highest BCUT2D eigenvalue weighted by atomic mass is 32.1. The van der Waals surface area contributed by atoms with Gasteiger partial charge in [-0.25, -0.2) is 4.98 Å². The maximum absolute atomic E-state index is 12.6. The van der Waals surface area contributed by atoms with E-state index in [4.69, 9.17) is 4.74 Å². The number of ether oxygens (including phenoxy) is 1. The molecular weight excluding hydrogens is 450 g/mol. The summed E-state index contributed by atoms with van der Waals surface area (Å²) < 4.78 is 8.14. The minimum absolute atomic E-state index is 0.0874. The first-order valence-corrected chi connectivity index (χ1v) is 11.7. The van der Waals surface area contributed by atoms with Crippen molar-refractivity contribution >= 4 is 44.3 Å². The van der Waals surface area contributed by atoms with Gasteiger partial charge in [0.2, 0.25) is 5.91 Å². The molecule has 0 atom stereocenters. The van der Waals surface area contributed by atoms with Gasteiger partial charge in [0.25, 0.3) is 5.91 Å². The number of hydrogen-bond acceptors (Lipinski definition) is 5. The Kier molecular flexibility index (Phi) is 6.01. The van der Waals surface area contributed by atoms with Crippen molar-refractivity contribution in [2.45, 2.75) is 6.42 Å². The van der Waals surface area contributed by atoms with Gasteiger partial charge in [-0.15, -0.1) is 0 Å². The zero-order valence-electron chi connectivity index (χ0n) is 18.5. The van der Waals surface area contributed by atoms with Crippen molar-refractivity contribution < 1.29 is 14.3 Å². The quantitative estimate of drug-likeness (QED) is 0.320. The number of nitrogens with zero attached hydrogens (tertiary/aromatic N) is 2. The number of methoxy groups -OCH3 is 1. The van der Waals surface area contributed by atoms with E-state index in [1.165, 1.54) is 11.3 Å². The van der Waals surface area contributed by atoms with Crippen LogP contribution in [-0.4, -0.2) is 46.5 Å². The van der Waals surface area contributed by atoms with Crippen LogP contribution in [-0.2, 0) is 11.2 Å². The molecule has 9 heteroatoms. The average molecular weight is 474 g/mol. The Balaban J connectivity index is 1.14. The van der Waals surface area contributed by atoms with Crippen molar-refractivity contribution in [2.24, 2.45) is 0 Å². The van der Waals surface area contributed by atoms with Gasteiger partial charge >= 0.3 is 0 Å². The van der Waals surface area contributed by atoms with Gasteiger partial charge in [-0.3, -0.25) is 9.59 Å². The highest BCUT2D eigenvalue weighted by Gasteiger charge is 2.12. The Hall–Kier alpha value is -4.11. The third-order valence-electron chi connectivity index (χ3n) is 5.57. The van der Waals surface area contributed by atoms with Crippen LogP contribution in [0, 0.1) is 0 Å². The van der Waals surface area contributed by atoms with Crippen LogP contribution in [0.25, 0.3) is 26.3 Å². The predicted octanol–water partition coefficient (Wildman–Crippen LogP) is 3.67. The lowest BCUT2D eigenvalue weighted by molar-refractivity contribution is -0.120. The van der Waals surface area contributed by atoms with E-state index in [-0.39, 0.29) is 18.4 Å². The van der Waals surface area contributed by atoms with Gasteiger partial charge in [-0.05, 0) is 60.5 Å². The van der Waals surface area contributed by atoms with Gasteiger partial charge in [0.1, 0.15) is 5.75 Å². The third-order valence-corrected chi connectivity index (χ3v) is 6.60. The van der Waals surface area contributed by atoms with Crippen LogP contribution in [0.2, 0.25) is 0 Å². The summed E-state index contributed by atoms with van der Waals surface area (Å²) in [5, 5.41) is 7.46. The number of hydrogen-bond donors (Lipinski definition) is 3. The second-order valence-corrected chi connectivity index (χ2v) is 8.79. The molecule has 0 saturated heterocycles. The van der Waals surface area contributed by atoms with Crippen molar-refractivity contribution in [2.75, 3.05) is 20.2 Å². The van der Waals surface area contributed by atoms with Crippen LogP contribution in [0.15, 0.2) is 67.1 Å². The van der Waals surface area contributed by atoms with Gasteiger partial charge in [0, 0.05) is 41.6 Å². The first kappa shape index (κ1) is 21.7.